The van der Waals surface area contributed by atoms with Gasteiger partial charge in [0.2, 0.25) is 0 Å². The van der Waals surface area contributed by atoms with Gasteiger partial charge in [-0.05, 0) is 32.2 Å². The van der Waals surface area contributed by atoms with Crippen LogP contribution >= 0.6 is 0 Å². The van der Waals surface area contributed by atoms with Crippen LogP contribution in [-0.4, -0.2) is 48.4 Å². The molecule has 1 amide bonds. The van der Waals surface area contributed by atoms with Gasteiger partial charge in [0.05, 0.1) is 5.69 Å². The molecule has 1 fully saturated rings. The predicted octanol–water partition coefficient (Wildman–Crippen LogP) is 1.18. The first kappa shape index (κ1) is 12.8. The fraction of sp³-hybridized carbons (Fsp3) is 0.462. The molecule has 1 aliphatic rings. The fourth-order valence-electron chi connectivity index (χ4n) is 2.27. The average Bonchev–Trinajstić information content (AvgIpc) is 2.32. The number of benzene rings is 1. The Hall–Kier alpha value is -1.62. The van der Waals surface area contributed by atoms with Crippen LogP contribution in [-0.2, 0) is 0 Å². The molecule has 0 saturated carbocycles. The number of amides is 1. The summed E-state index contributed by atoms with van der Waals surface area (Å²) in [5, 5.41) is 0. The lowest BCUT2D eigenvalue weighted by Crippen LogP contribution is -2.52. The topological polar surface area (TPSA) is 49.6 Å². The molecule has 2 N–H and O–H groups in total. The minimum atomic E-state index is -0.539. The lowest BCUT2D eigenvalue weighted by atomic mass is 10.1. The number of hydrogen-bond donors (Lipinski definition) is 1. The first-order valence-electron chi connectivity index (χ1n) is 6.03. The molecule has 4 nitrogen and oxygen atoms in total. The van der Waals surface area contributed by atoms with Gasteiger partial charge in [0.25, 0.3) is 5.91 Å². The lowest BCUT2D eigenvalue weighted by Gasteiger charge is -2.38. The standard InChI is InChI=1S/C13H18FN3O/c1-9-8-16(2)5-6-17(9)13(18)10-3-4-12(15)11(14)7-10/h3-4,7,9H,5-6,8,15H2,1-2H3. The Bertz CT molecular complexity index is 464. The molecule has 2 rings (SSSR count). The van der Waals surface area contributed by atoms with Gasteiger partial charge in [0.15, 0.2) is 0 Å². The molecule has 1 atom stereocenters. The van der Waals surface area contributed by atoms with E-state index in [4.69, 9.17) is 5.73 Å². The van der Waals surface area contributed by atoms with E-state index in [1.54, 1.807) is 11.0 Å². The molecule has 0 aromatic heterocycles. The van der Waals surface area contributed by atoms with Crippen molar-refractivity contribution in [3.05, 3.63) is 29.6 Å². The molecule has 0 bridgehead atoms. The van der Waals surface area contributed by atoms with E-state index >= 15 is 0 Å². The van der Waals surface area contributed by atoms with Crippen LogP contribution in [0.2, 0.25) is 0 Å². The summed E-state index contributed by atoms with van der Waals surface area (Å²) in [4.78, 5) is 16.2. The second-order valence-corrected chi connectivity index (χ2v) is 4.85. The van der Waals surface area contributed by atoms with Crippen LogP contribution < -0.4 is 5.73 Å². The van der Waals surface area contributed by atoms with E-state index in [-0.39, 0.29) is 17.6 Å². The largest absolute Gasteiger partial charge is 0.396 e. The maximum Gasteiger partial charge on any atom is 0.254 e. The molecule has 98 valence electrons. The number of likely N-dealkylation sites (N-methyl/N-ethyl adjacent to an activating group) is 1. The normalized spacial score (nSPS) is 21.1. The molecule has 0 radical (unpaired) electrons. The monoisotopic (exact) mass is 251 g/mol. The van der Waals surface area contributed by atoms with Crippen molar-refractivity contribution in [1.82, 2.24) is 9.80 Å². The molecular weight excluding hydrogens is 233 g/mol. The van der Waals surface area contributed by atoms with Crippen LogP contribution in [0.4, 0.5) is 10.1 Å². The molecule has 18 heavy (non-hydrogen) atoms. The van der Waals surface area contributed by atoms with E-state index in [9.17, 15) is 9.18 Å². The minimum Gasteiger partial charge on any atom is -0.396 e. The maximum absolute atomic E-state index is 13.4. The van der Waals surface area contributed by atoms with Crippen molar-refractivity contribution in [1.29, 1.82) is 0 Å². The van der Waals surface area contributed by atoms with Gasteiger partial charge < -0.3 is 15.5 Å². The number of anilines is 1. The number of nitrogens with two attached hydrogens (primary N) is 1. The summed E-state index contributed by atoms with van der Waals surface area (Å²) in [5.41, 5.74) is 5.83. The molecule has 1 aliphatic heterocycles. The predicted molar refractivity (Wildman–Crippen MR) is 68.8 cm³/mol. The van der Waals surface area contributed by atoms with Gasteiger partial charge >= 0.3 is 0 Å². The zero-order chi connectivity index (χ0) is 13.3. The highest BCUT2D eigenvalue weighted by Crippen LogP contribution is 2.17. The lowest BCUT2D eigenvalue weighted by molar-refractivity contribution is 0.0533. The van der Waals surface area contributed by atoms with Gasteiger partial charge in [-0.3, -0.25) is 4.79 Å². The smallest absolute Gasteiger partial charge is 0.254 e. The van der Waals surface area contributed by atoms with Crippen LogP contribution in [0.5, 0.6) is 0 Å². The van der Waals surface area contributed by atoms with E-state index < -0.39 is 5.82 Å². The summed E-state index contributed by atoms with van der Waals surface area (Å²) < 4.78 is 13.4. The maximum atomic E-state index is 13.4. The Morgan fingerprint density at radius 1 is 1.44 bits per heavy atom. The summed E-state index contributed by atoms with van der Waals surface area (Å²) in [6.45, 7) is 4.35. The third-order valence-electron chi connectivity index (χ3n) is 3.34. The Morgan fingerprint density at radius 2 is 2.17 bits per heavy atom. The number of hydrogen-bond acceptors (Lipinski definition) is 3. The summed E-state index contributed by atoms with van der Waals surface area (Å²) in [6.07, 6.45) is 0. The van der Waals surface area contributed by atoms with Crippen LogP contribution in [0.15, 0.2) is 18.2 Å². The molecule has 0 spiro atoms. The van der Waals surface area contributed by atoms with Crippen molar-refractivity contribution in [2.45, 2.75) is 13.0 Å². The third-order valence-corrected chi connectivity index (χ3v) is 3.34. The van der Waals surface area contributed by atoms with E-state index in [2.05, 4.69) is 4.90 Å². The Balaban J connectivity index is 2.18. The molecule has 1 aromatic carbocycles. The van der Waals surface area contributed by atoms with Crippen molar-refractivity contribution in [2.24, 2.45) is 0 Å². The summed E-state index contributed by atoms with van der Waals surface area (Å²) >= 11 is 0. The van der Waals surface area contributed by atoms with Crippen molar-refractivity contribution in [3.63, 3.8) is 0 Å². The molecule has 1 unspecified atom stereocenters. The molecule has 1 aromatic rings. The van der Waals surface area contributed by atoms with Crippen LogP contribution in [0.1, 0.15) is 17.3 Å². The Labute approximate surface area is 106 Å². The van der Waals surface area contributed by atoms with Crippen LogP contribution in [0.3, 0.4) is 0 Å². The quantitative estimate of drug-likeness (QED) is 0.763. The second kappa shape index (κ2) is 4.94. The fourth-order valence-corrected chi connectivity index (χ4v) is 2.27. The first-order valence-corrected chi connectivity index (χ1v) is 6.03. The highest BCUT2D eigenvalue weighted by Gasteiger charge is 2.26. The molecule has 1 saturated heterocycles. The molecule has 0 aliphatic carbocycles. The number of nitrogens with zero attached hydrogens (tertiary/aromatic N) is 2. The van der Waals surface area contributed by atoms with Gasteiger partial charge in [-0.15, -0.1) is 0 Å². The average molecular weight is 251 g/mol. The van der Waals surface area contributed by atoms with E-state index in [1.807, 2.05) is 14.0 Å². The van der Waals surface area contributed by atoms with Crippen molar-refractivity contribution >= 4 is 11.6 Å². The highest BCUT2D eigenvalue weighted by molar-refractivity contribution is 5.94. The summed E-state index contributed by atoms with van der Waals surface area (Å²) in [5.74, 6) is -0.669. The van der Waals surface area contributed by atoms with Gasteiger partial charge in [-0.2, -0.15) is 0 Å². The number of piperazine rings is 1. The number of carbonyl (C=O) groups excluding carboxylic acids is 1. The van der Waals surface area contributed by atoms with Crippen molar-refractivity contribution in [3.8, 4) is 0 Å². The van der Waals surface area contributed by atoms with E-state index in [0.717, 1.165) is 13.1 Å². The van der Waals surface area contributed by atoms with Gasteiger partial charge in [-0.25, -0.2) is 4.39 Å². The minimum absolute atomic E-state index is 0.0676. The van der Waals surface area contributed by atoms with Crippen LogP contribution in [0.25, 0.3) is 0 Å². The first-order chi connectivity index (χ1) is 8.49. The number of nitrogen functional groups attached to an aromatic ring is 1. The summed E-state index contributed by atoms with van der Waals surface area (Å²) in [6, 6.07) is 4.36. The third kappa shape index (κ3) is 2.46. The second-order valence-electron chi connectivity index (χ2n) is 4.85. The molecule has 1 heterocycles. The SMILES string of the molecule is CC1CN(C)CCN1C(=O)c1ccc(N)c(F)c1. The molecular formula is C13H18FN3O. The van der Waals surface area contributed by atoms with Crippen LogP contribution in [0, 0.1) is 5.82 Å². The zero-order valence-corrected chi connectivity index (χ0v) is 10.7. The van der Waals surface area contributed by atoms with E-state index in [1.165, 1.54) is 12.1 Å². The van der Waals surface area contributed by atoms with Gasteiger partial charge in [0, 0.05) is 31.2 Å². The molecule has 5 heteroatoms. The summed E-state index contributed by atoms with van der Waals surface area (Å²) in [7, 11) is 2.03. The van der Waals surface area contributed by atoms with Gasteiger partial charge in [0.1, 0.15) is 5.82 Å². The Kier molecular flexibility index (Phi) is 3.52. The van der Waals surface area contributed by atoms with Crippen molar-refractivity contribution in [2.75, 3.05) is 32.4 Å². The van der Waals surface area contributed by atoms with Crippen molar-refractivity contribution < 1.29 is 9.18 Å². The number of rotatable bonds is 1. The van der Waals surface area contributed by atoms with E-state index in [0.29, 0.717) is 12.1 Å². The number of carbonyl (C=O) groups is 1. The Morgan fingerprint density at radius 3 is 2.78 bits per heavy atom. The zero-order valence-electron chi connectivity index (χ0n) is 10.7. The highest BCUT2D eigenvalue weighted by atomic mass is 19.1. The van der Waals surface area contributed by atoms with Gasteiger partial charge in [-0.1, -0.05) is 0 Å². The number of halogens is 1.